The molecule has 0 aliphatic carbocycles. The van der Waals surface area contributed by atoms with E-state index >= 15 is 0 Å². The number of halogens is 1. The number of imidazole rings is 1. The van der Waals surface area contributed by atoms with Crippen molar-refractivity contribution in [3.63, 3.8) is 0 Å². The summed E-state index contributed by atoms with van der Waals surface area (Å²) in [5.41, 5.74) is 5.05. The van der Waals surface area contributed by atoms with Gasteiger partial charge in [0.15, 0.2) is 5.82 Å². The lowest BCUT2D eigenvalue weighted by Gasteiger charge is -2.17. The summed E-state index contributed by atoms with van der Waals surface area (Å²) in [7, 11) is 0. The minimum Gasteiger partial charge on any atom is -0.457 e. The quantitative estimate of drug-likeness (QED) is 0.315. The van der Waals surface area contributed by atoms with Crippen LogP contribution in [0.15, 0.2) is 85.1 Å². The molecule has 6 rings (SSSR count). The van der Waals surface area contributed by atoms with Crippen molar-refractivity contribution in [2.24, 2.45) is 0 Å². The third kappa shape index (κ3) is 3.93. The van der Waals surface area contributed by atoms with E-state index in [4.69, 9.17) is 9.72 Å². The van der Waals surface area contributed by atoms with Gasteiger partial charge in [0.2, 0.25) is 0 Å². The topological polar surface area (TPSA) is 62.8 Å². The van der Waals surface area contributed by atoms with Crippen LogP contribution in [0.5, 0.6) is 11.5 Å². The number of aromatic nitrogens is 3. The maximum absolute atomic E-state index is 14.2. The molecule has 0 spiro atoms. The van der Waals surface area contributed by atoms with Crippen LogP contribution in [0, 0.1) is 5.82 Å². The minimum atomic E-state index is -0.238. The summed E-state index contributed by atoms with van der Waals surface area (Å²) in [5, 5.41) is 3.57. The number of pyridine rings is 1. The van der Waals surface area contributed by atoms with Crippen LogP contribution >= 0.6 is 0 Å². The normalized spacial score (nSPS) is 15.6. The number of aromatic amines is 1. The van der Waals surface area contributed by atoms with E-state index in [0.717, 1.165) is 58.8 Å². The molecule has 2 aromatic heterocycles. The molecule has 168 valence electrons. The molecule has 5 nitrogen and oxygen atoms in total. The highest BCUT2D eigenvalue weighted by molar-refractivity contribution is 5.82. The van der Waals surface area contributed by atoms with Gasteiger partial charge in [0.25, 0.3) is 0 Å². The summed E-state index contributed by atoms with van der Waals surface area (Å²) in [4.78, 5) is 12.6. The standard InChI is InChI=1S/C28H23FN4O/c29-22-7-2-1-6-20(22)18-10-12-19(13-11-18)34-27-17-26-25(16-21(27)23-9-5-15-30-23)32-28(33-26)24-8-3-4-14-31-24/h1-4,6-8,10-14,16-17,23,30H,5,9,15H2,(H,32,33). The van der Waals surface area contributed by atoms with E-state index in [1.54, 1.807) is 18.3 Å². The summed E-state index contributed by atoms with van der Waals surface area (Å²) in [6.45, 7) is 0.988. The van der Waals surface area contributed by atoms with E-state index < -0.39 is 0 Å². The fourth-order valence-corrected chi connectivity index (χ4v) is 4.51. The van der Waals surface area contributed by atoms with E-state index in [1.807, 2.05) is 54.6 Å². The molecule has 6 heteroatoms. The van der Waals surface area contributed by atoms with Gasteiger partial charge in [0.05, 0.1) is 11.0 Å². The highest BCUT2D eigenvalue weighted by Crippen LogP contribution is 2.37. The van der Waals surface area contributed by atoms with E-state index in [2.05, 4.69) is 21.4 Å². The molecule has 3 heterocycles. The second kappa shape index (κ2) is 8.72. The zero-order valence-electron chi connectivity index (χ0n) is 18.5. The van der Waals surface area contributed by atoms with Crippen molar-refractivity contribution < 1.29 is 9.13 Å². The lowest BCUT2D eigenvalue weighted by molar-refractivity contribution is 0.466. The Balaban J connectivity index is 1.36. The van der Waals surface area contributed by atoms with Crippen LogP contribution in [0.25, 0.3) is 33.7 Å². The average molecular weight is 451 g/mol. The SMILES string of the molecule is Fc1ccccc1-c1ccc(Oc2cc3nc(-c4ccccn4)[nH]c3cc2C2CCCN2)cc1. The van der Waals surface area contributed by atoms with Crippen LogP contribution in [-0.4, -0.2) is 21.5 Å². The minimum absolute atomic E-state index is 0.221. The Morgan fingerprint density at radius 2 is 1.79 bits per heavy atom. The summed E-state index contributed by atoms with van der Waals surface area (Å²) < 4.78 is 20.5. The van der Waals surface area contributed by atoms with Gasteiger partial charge >= 0.3 is 0 Å². The Morgan fingerprint density at radius 1 is 0.941 bits per heavy atom. The highest BCUT2D eigenvalue weighted by Gasteiger charge is 2.22. The first kappa shape index (κ1) is 20.6. The maximum Gasteiger partial charge on any atom is 0.157 e. The largest absolute Gasteiger partial charge is 0.457 e. The van der Waals surface area contributed by atoms with Gasteiger partial charge < -0.3 is 15.0 Å². The average Bonchev–Trinajstić information content (AvgIpc) is 3.55. The van der Waals surface area contributed by atoms with Crippen molar-refractivity contribution in [3.8, 4) is 34.1 Å². The third-order valence-electron chi connectivity index (χ3n) is 6.22. The number of ether oxygens (including phenoxy) is 1. The molecule has 0 amide bonds. The van der Waals surface area contributed by atoms with Gasteiger partial charge in [-0.05, 0) is 61.3 Å². The van der Waals surface area contributed by atoms with E-state index in [0.29, 0.717) is 11.3 Å². The van der Waals surface area contributed by atoms with Crippen molar-refractivity contribution in [3.05, 3.63) is 96.4 Å². The molecule has 0 bridgehead atoms. The van der Waals surface area contributed by atoms with Crippen LogP contribution in [-0.2, 0) is 0 Å². The van der Waals surface area contributed by atoms with Gasteiger partial charge in [0, 0.05) is 29.4 Å². The van der Waals surface area contributed by atoms with Gasteiger partial charge in [-0.3, -0.25) is 4.98 Å². The van der Waals surface area contributed by atoms with Crippen LogP contribution in [0.2, 0.25) is 0 Å². The van der Waals surface area contributed by atoms with Crippen molar-refractivity contribution in [2.45, 2.75) is 18.9 Å². The number of nitrogens with zero attached hydrogens (tertiary/aromatic N) is 2. The highest BCUT2D eigenvalue weighted by atomic mass is 19.1. The summed E-state index contributed by atoms with van der Waals surface area (Å²) in [5.74, 6) is 1.95. The molecule has 0 radical (unpaired) electrons. The molecular formula is C28H23FN4O. The molecule has 1 unspecified atom stereocenters. The first-order valence-electron chi connectivity index (χ1n) is 11.5. The van der Waals surface area contributed by atoms with Crippen molar-refractivity contribution in [1.82, 2.24) is 20.3 Å². The monoisotopic (exact) mass is 450 g/mol. The predicted molar refractivity (Wildman–Crippen MR) is 131 cm³/mol. The number of fused-ring (bicyclic) bond motifs is 1. The first-order valence-corrected chi connectivity index (χ1v) is 11.5. The van der Waals surface area contributed by atoms with Crippen LogP contribution < -0.4 is 10.1 Å². The van der Waals surface area contributed by atoms with Crippen LogP contribution in [0.1, 0.15) is 24.4 Å². The van der Waals surface area contributed by atoms with Crippen molar-refractivity contribution >= 4 is 11.0 Å². The smallest absolute Gasteiger partial charge is 0.157 e. The Bertz CT molecular complexity index is 1440. The summed E-state index contributed by atoms with van der Waals surface area (Å²) in [6, 6.07) is 24.4. The molecule has 1 saturated heterocycles. The molecule has 2 N–H and O–H groups in total. The number of nitrogens with one attached hydrogen (secondary N) is 2. The lowest BCUT2D eigenvalue weighted by atomic mass is 10.0. The molecule has 1 atom stereocenters. The van der Waals surface area contributed by atoms with Gasteiger partial charge in [-0.1, -0.05) is 36.4 Å². The Labute approximate surface area is 196 Å². The molecule has 1 aliphatic rings. The van der Waals surface area contributed by atoms with Crippen LogP contribution in [0.4, 0.5) is 4.39 Å². The second-order valence-corrected chi connectivity index (χ2v) is 8.46. The van der Waals surface area contributed by atoms with Gasteiger partial charge in [0.1, 0.15) is 23.0 Å². The van der Waals surface area contributed by atoms with Gasteiger partial charge in [-0.2, -0.15) is 0 Å². The van der Waals surface area contributed by atoms with Gasteiger partial charge in [-0.25, -0.2) is 9.37 Å². The van der Waals surface area contributed by atoms with Crippen molar-refractivity contribution in [2.75, 3.05) is 6.54 Å². The Morgan fingerprint density at radius 3 is 2.56 bits per heavy atom. The molecule has 3 aromatic carbocycles. The number of H-pyrrole nitrogens is 1. The zero-order valence-corrected chi connectivity index (χ0v) is 18.5. The molecule has 1 aliphatic heterocycles. The fourth-order valence-electron chi connectivity index (χ4n) is 4.51. The predicted octanol–water partition coefficient (Wildman–Crippen LogP) is 6.65. The maximum atomic E-state index is 14.2. The number of rotatable bonds is 5. The summed E-state index contributed by atoms with van der Waals surface area (Å²) >= 11 is 0. The fraction of sp³-hybridized carbons (Fsp3) is 0.143. The third-order valence-corrected chi connectivity index (χ3v) is 6.22. The van der Waals surface area contributed by atoms with E-state index in [9.17, 15) is 4.39 Å². The van der Waals surface area contributed by atoms with E-state index in [-0.39, 0.29) is 11.9 Å². The molecule has 1 fully saturated rings. The first-order chi connectivity index (χ1) is 16.7. The van der Waals surface area contributed by atoms with Crippen LogP contribution in [0.3, 0.4) is 0 Å². The molecule has 5 aromatic rings. The van der Waals surface area contributed by atoms with Crippen molar-refractivity contribution in [1.29, 1.82) is 0 Å². The van der Waals surface area contributed by atoms with E-state index in [1.165, 1.54) is 6.07 Å². The second-order valence-electron chi connectivity index (χ2n) is 8.46. The molecule has 0 saturated carbocycles. The van der Waals surface area contributed by atoms with Gasteiger partial charge in [-0.15, -0.1) is 0 Å². The lowest BCUT2D eigenvalue weighted by Crippen LogP contribution is -2.13. The molecular weight excluding hydrogens is 427 g/mol. The number of hydrogen-bond donors (Lipinski definition) is 2. The Hall–Kier alpha value is -4.03. The summed E-state index contributed by atoms with van der Waals surface area (Å²) in [6.07, 6.45) is 3.94. The number of hydrogen-bond acceptors (Lipinski definition) is 4. The Kier molecular flexibility index (Phi) is 5.28. The molecule has 34 heavy (non-hydrogen) atoms. The number of benzene rings is 3. The zero-order chi connectivity index (χ0) is 22.9.